The van der Waals surface area contributed by atoms with Crippen molar-refractivity contribution in [2.45, 2.75) is 12.1 Å². The smallest absolute Gasteiger partial charge is 0.123 e. The number of nitrogens with two attached hydrogens (primary N) is 1. The standard InChI is InChI=1S/C13H19NO3S/c1-15-9-3-4-11(16-2)10(7-9)13(14)12-8-18-6-5-17-12/h3-4,7,12-13H,5-6,8,14H2,1-2H3. The molecule has 2 N–H and O–H groups in total. The van der Waals surface area contributed by atoms with Crippen LogP contribution < -0.4 is 15.2 Å². The highest BCUT2D eigenvalue weighted by molar-refractivity contribution is 7.99. The molecule has 0 saturated carbocycles. The van der Waals surface area contributed by atoms with Crippen molar-refractivity contribution in [2.75, 3.05) is 32.3 Å². The first-order valence-corrected chi connectivity index (χ1v) is 7.08. The molecule has 1 aliphatic heterocycles. The third-order valence-corrected chi connectivity index (χ3v) is 4.06. The minimum Gasteiger partial charge on any atom is -0.497 e. The van der Waals surface area contributed by atoms with Gasteiger partial charge < -0.3 is 19.9 Å². The van der Waals surface area contributed by atoms with Gasteiger partial charge in [-0.05, 0) is 18.2 Å². The van der Waals surface area contributed by atoms with Crippen molar-refractivity contribution in [3.63, 3.8) is 0 Å². The van der Waals surface area contributed by atoms with Gasteiger partial charge in [0.05, 0.1) is 33.0 Å². The molecule has 0 bridgehead atoms. The van der Waals surface area contributed by atoms with E-state index in [-0.39, 0.29) is 12.1 Å². The van der Waals surface area contributed by atoms with E-state index in [1.54, 1.807) is 14.2 Å². The van der Waals surface area contributed by atoms with Crippen LogP contribution in [0.15, 0.2) is 18.2 Å². The first kappa shape index (κ1) is 13.5. The van der Waals surface area contributed by atoms with Crippen LogP contribution in [-0.4, -0.2) is 38.4 Å². The lowest BCUT2D eigenvalue weighted by Crippen LogP contribution is -2.34. The van der Waals surface area contributed by atoms with Crippen LogP contribution in [0.5, 0.6) is 11.5 Å². The Labute approximate surface area is 112 Å². The van der Waals surface area contributed by atoms with E-state index in [1.807, 2.05) is 30.0 Å². The minimum absolute atomic E-state index is 0.0322. The van der Waals surface area contributed by atoms with Crippen LogP contribution >= 0.6 is 11.8 Å². The van der Waals surface area contributed by atoms with E-state index >= 15 is 0 Å². The van der Waals surface area contributed by atoms with Crippen LogP contribution in [0.4, 0.5) is 0 Å². The number of methoxy groups -OCH3 is 2. The molecule has 1 heterocycles. The van der Waals surface area contributed by atoms with Crippen LogP contribution in [-0.2, 0) is 4.74 Å². The van der Waals surface area contributed by atoms with Crippen molar-refractivity contribution >= 4 is 11.8 Å². The van der Waals surface area contributed by atoms with Crippen LogP contribution in [0.2, 0.25) is 0 Å². The molecule has 1 aromatic rings. The summed E-state index contributed by atoms with van der Waals surface area (Å²) in [6, 6.07) is 5.48. The predicted molar refractivity (Wildman–Crippen MR) is 73.5 cm³/mol. The Morgan fingerprint density at radius 3 is 2.83 bits per heavy atom. The third-order valence-electron chi connectivity index (χ3n) is 3.04. The fraction of sp³-hybridized carbons (Fsp3) is 0.538. The lowest BCUT2D eigenvalue weighted by molar-refractivity contribution is 0.0563. The highest BCUT2D eigenvalue weighted by Gasteiger charge is 2.25. The highest BCUT2D eigenvalue weighted by Crippen LogP contribution is 2.32. The number of hydrogen-bond donors (Lipinski definition) is 1. The van der Waals surface area contributed by atoms with Gasteiger partial charge in [0, 0.05) is 17.1 Å². The minimum atomic E-state index is -0.192. The second kappa shape index (κ2) is 6.31. The summed E-state index contributed by atoms with van der Waals surface area (Å²) >= 11 is 1.87. The van der Waals surface area contributed by atoms with Crippen molar-refractivity contribution in [3.05, 3.63) is 23.8 Å². The van der Waals surface area contributed by atoms with E-state index in [2.05, 4.69) is 0 Å². The molecule has 1 aliphatic rings. The first-order chi connectivity index (χ1) is 8.76. The number of hydrogen-bond acceptors (Lipinski definition) is 5. The fourth-order valence-corrected chi connectivity index (χ4v) is 2.93. The highest BCUT2D eigenvalue weighted by atomic mass is 32.2. The van der Waals surface area contributed by atoms with E-state index in [9.17, 15) is 0 Å². The Morgan fingerprint density at radius 2 is 2.22 bits per heavy atom. The normalized spacial score (nSPS) is 21.4. The lowest BCUT2D eigenvalue weighted by atomic mass is 10.0. The Kier molecular flexibility index (Phi) is 4.74. The van der Waals surface area contributed by atoms with Gasteiger partial charge in [0.2, 0.25) is 0 Å². The Bertz CT molecular complexity index is 394. The molecule has 0 aromatic heterocycles. The Morgan fingerprint density at radius 1 is 1.39 bits per heavy atom. The van der Waals surface area contributed by atoms with Crippen molar-refractivity contribution in [1.29, 1.82) is 0 Å². The van der Waals surface area contributed by atoms with Gasteiger partial charge >= 0.3 is 0 Å². The summed E-state index contributed by atoms with van der Waals surface area (Å²) in [5, 5.41) is 0. The van der Waals surface area contributed by atoms with Crippen LogP contribution in [0.1, 0.15) is 11.6 Å². The van der Waals surface area contributed by atoms with Crippen LogP contribution in [0.3, 0.4) is 0 Å². The largest absolute Gasteiger partial charge is 0.497 e. The van der Waals surface area contributed by atoms with Gasteiger partial charge in [-0.25, -0.2) is 0 Å². The van der Waals surface area contributed by atoms with Gasteiger partial charge in [-0.2, -0.15) is 11.8 Å². The number of ether oxygens (including phenoxy) is 3. The maximum absolute atomic E-state index is 6.30. The zero-order valence-electron chi connectivity index (χ0n) is 10.7. The molecule has 2 unspecified atom stereocenters. The van der Waals surface area contributed by atoms with Gasteiger partial charge in [-0.1, -0.05) is 0 Å². The van der Waals surface area contributed by atoms with E-state index in [0.29, 0.717) is 0 Å². The molecular weight excluding hydrogens is 250 g/mol. The summed E-state index contributed by atoms with van der Waals surface area (Å²) in [6.07, 6.45) is 0.0322. The average Bonchev–Trinajstić information content (AvgIpc) is 2.46. The second-order valence-corrected chi connectivity index (χ2v) is 5.27. The molecule has 1 fully saturated rings. The summed E-state index contributed by atoms with van der Waals surface area (Å²) in [4.78, 5) is 0. The predicted octanol–water partition coefficient (Wildman–Crippen LogP) is 1.84. The van der Waals surface area contributed by atoms with E-state index < -0.39 is 0 Å². The Hall–Kier alpha value is -0.910. The van der Waals surface area contributed by atoms with Crippen molar-refractivity contribution in [2.24, 2.45) is 5.73 Å². The molecule has 18 heavy (non-hydrogen) atoms. The number of benzene rings is 1. The van der Waals surface area contributed by atoms with Gasteiger partial charge in [0.25, 0.3) is 0 Å². The van der Waals surface area contributed by atoms with Crippen molar-refractivity contribution < 1.29 is 14.2 Å². The number of rotatable bonds is 4. The summed E-state index contributed by atoms with van der Waals surface area (Å²) < 4.78 is 16.3. The SMILES string of the molecule is COc1ccc(OC)c(C(N)C2CSCCO2)c1. The molecule has 0 aliphatic carbocycles. The zero-order chi connectivity index (χ0) is 13.0. The third kappa shape index (κ3) is 2.91. The van der Waals surface area contributed by atoms with E-state index in [1.165, 1.54) is 0 Å². The summed E-state index contributed by atoms with van der Waals surface area (Å²) in [6.45, 7) is 0.759. The average molecular weight is 269 g/mol. The van der Waals surface area contributed by atoms with Gasteiger partial charge in [0.1, 0.15) is 11.5 Å². The number of thioether (sulfide) groups is 1. The zero-order valence-corrected chi connectivity index (χ0v) is 11.5. The molecule has 0 spiro atoms. The molecule has 0 radical (unpaired) electrons. The molecular formula is C13H19NO3S. The lowest BCUT2D eigenvalue weighted by Gasteiger charge is -2.28. The maximum Gasteiger partial charge on any atom is 0.123 e. The molecule has 5 heteroatoms. The summed E-state index contributed by atoms with van der Waals surface area (Å²) in [5.74, 6) is 3.52. The summed E-state index contributed by atoms with van der Waals surface area (Å²) in [5.41, 5.74) is 7.23. The molecule has 1 aromatic carbocycles. The van der Waals surface area contributed by atoms with E-state index in [4.69, 9.17) is 19.9 Å². The quantitative estimate of drug-likeness (QED) is 0.904. The van der Waals surface area contributed by atoms with E-state index in [0.717, 1.165) is 35.2 Å². The first-order valence-electron chi connectivity index (χ1n) is 5.93. The maximum atomic E-state index is 6.30. The van der Waals surface area contributed by atoms with Gasteiger partial charge in [0.15, 0.2) is 0 Å². The van der Waals surface area contributed by atoms with Crippen molar-refractivity contribution in [1.82, 2.24) is 0 Å². The molecule has 4 nitrogen and oxygen atoms in total. The van der Waals surface area contributed by atoms with Gasteiger partial charge in [-0.3, -0.25) is 0 Å². The summed E-state index contributed by atoms with van der Waals surface area (Å²) in [7, 11) is 3.29. The van der Waals surface area contributed by atoms with Crippen molar-refractivity contribution in [3.8, 4) is 11.5 Å². The molecule has 0 amide bonds. The van der Waals surface area contributed by atoms with Gasteiger partial charge in [-0.15, -0.1) is 0 Å². The fourth-order valence-electron chi connectivity index (χ4n) is 2.01. The van der Waals surface area contributed by atoms with Crippen LogP contribution in [0.25, 0.3) is 0 Å². The monoisotopic (exact) mass is 269 g/mol. The molecule has 100 valence electrons. The molecule has 2 rings (SSSR count). The second-order valence-electron chi connectivity index (χ2n) is 4.12. The Balaban J connectivity index is 2.23. The molecule has 2 atom stereocenters. The molecule has 1 saturated heterocycles. The topological polar surface area (TPSA) is 53.7 Å². The van der Waals surface area contributed by atoms with Crippen LogP contribution in [0, 0.1) is 0 Å².